The summed E-state index contributed by atoms with van der Waals surface area (Å²) in [4.78, 5) is 26.8. The minimum absolute atomic E-state index is 0.0626. The van der Waals surface area contributed by atoms with Crippen LogP contribution in [0.1, 0.15) is 48.3 Å². The lowest BCUT2D eigenvalue weighted by Crippen LogP contribution is -2.47. The lowest BCUT2D eigenvalue weighted by molar-refractivity contribution is -0.143. The van der Waals surface area contributed by atoms with Crippen LogP contribution in [-0.2, 0) is 16.0 Å². The number of fused-ring (bicyclic) bond motifs is 1. The van der Waals surface area contributed by atoms with Gasteiger partial charge >= 0.3 is 5.97 Å². The van der Waals surface area contributed by atoms with E-state index in [1.807, 2.05) is 37.8 Å². The smallest absolute Gasteiger partial charge is 0.337 e. The number of benzene rings is 2. The average molecular weight is 442 g/mol. The Morgan fingerprint density at radius 3 is 2.19 bits per heavy atom. The van der Waals surface area contributed by atoms with Crippen molar-refractivity contribution in [3.05, 3.63) is 53.1 Å². The molecule has 7 nitrogen and oxygen atoms in total. The Balaban J connectivity index is 1.92. The van der Waals surface area contributed by atoms with Crippen molar-refractivity contribution >= 4 is 11.9 Å². The van der Waals surface area contributed by atoms with Crippen LogP contribution in [-0.4, -0.2) is 51.3 Å². The van der Waals surface area contributed by atoms with Gasteiger partial charge in [-0.1, -0.05) is 20.8 Å². The second-order valence-electron chi connectivity index (χ2n) is 8.75. The molecular formula is C25H31NO6. The van der Waals surface area contributed by atoms with E-state index in [2.05, 4.69) is 0 Å². The van der Waals surface area contributed by atoms with Gasteiger partial charge in [-0.25, -0.2) is 4.79 Å². The van der Waals surface area contributed by atoms with Crippen LogP contribution < -0.4 is 14.2 Å². The summed E-state index contributed by atoms with van der Waals surface area (Å²) in [5, 5.41) is 0. The van der Waals surface area contributed by atoms with Gasteiger partial charge in [-0.05, 0) is 53.9 Å². The van der Waals surface area contributed by atoms with Gasteiger partial charge in [0.1, 0.15) is 12.4 Å². The molecule has 172 valence electrons. The number of carbonyl (C=O) groups is 2. The number of hydrogen-bond donors (Lipinski definition) is 0. The minimum atomic E-state index is -0.519. The summed E-state index contributed by atoms with van der Waals surface area (Å²) in [5.41, 5.74) is 2.02. The zero-order chi connectivity index (χ0) is 23.5. The van der Waals surface area contributed by atoms with E-state index in [0.29, 0.717) is 29.4 Å². The van der Waals surface area contributed by atoms with Gasteiger partial charge < -0.3 is 23.8 Å². The first-order valence-electron chi connectivity index (χ1n) is 10.6. The molecule has 32 heavy (non-hydrogen) atoms. The maximum atomic E-state index is 13.2. The van der Waals surface area contributed by atoms with E-state index in [1.165, 1.54) is 7.11 Å². The Kier molecular flexibility index (Phi) is 6.96. The Labute approximate surface area is 189 Å². The second-order valence-corrected chi connectivity index (χ2v) is 8.75. The maximum Gasteiger partial charge on any atom is 0.337 e. The van der Waals surface area contributed by atoms with Crippen LogP contribution in [0, 0.1) is 5.41 Å². The predicted octanol–water partition coefficient (Wildman–Crippen LogP) is 4.04. The van der Waals surface area contributed by atoms with Gasteiger partial charge in [0.15, 0.2) is 11.5 Å². The molecule has 0 fully saturated rings. The highest BCUT2D eigenvalue weighted by atomic mass is 16.5. The molecule has 0 saturated heterocycles. The summed E-state index contributed by atoms with van der Waals surface area (Å²) < 4.78 is 21.8. The monoisotopic (exact) mass is 441 g/mol. The molecule has 0 aromatic heterocycles. The number of amides is 1. The van der Waals surface area contributed by atoms with Gasteiger partial charge in [-0.3, -0.25) is 4.79 Å². The van der Waals surface area contributed by atoms with Crippen LogP contribution in [0.25, 0.3) is 0 Å². The number of hydrogen-bond acceptors (Lipinski definition) is 6. The first kappa shape index (κ1) is 23.4. The van der Waals surface area contributed by atoms with Crippen LogP contribution in [0.3, 0.4) is 0 Å². The number of methoxy groups -OCH3 is 3. The zero-order valence-electron chi connectivity index (χ0n) is 19.6. The van der Waals surface area contributed by atoms with Crippen molar-refractivity contribution in [2.24, 2.45) is 5.41 Å². The van der Waals surface area contributed by atoms with Gasteiger partial charge in [0.2, 0.25) is 5.91 Å². The molecule has 2 aromatic rings. The predicted molar refractivity (Wildman–Crippen MR) is 120 cm³/mol. The fourth-order valence-electron chi connectivity index (χ4n) is 3.86. The number of esters is 1. The fraction of sp³-hybridized carbons (Fsp3) is 0.440. The molecule has 1 aliphatic rings. The van der Waals surface area contributed by atoms with E-state index < -0.39 is 11.4 Å². The molecule has 2 aromatic carbocycles. The van der Waals surface area contributed by atoms with E-state index in [1.54, 1.807) is 38.5 Å². The number of rotatable bonds is 6. The quantitative estimate of drug-likeness (QED) is 0.630. The van der Waals surface area contributed by atoms with E-state index in [9.17, 15) is 9.59 Å². The van der Waals surface area contributed by atoms with E-state index >= 15 is 0 Å². The third kappa shape index (κ3) is 4.82. The van der Waals surface area contributed by atoms with E-state index in [-0.39, 0.29) is 18.6 Å². The molecule has 0 spiro atoms. The molecular weight excluding hydrogens is 410 g/mol. The molecule has 1 atom stereocenters. The van der Waals surface area contributed by atoms with Crippen molar-refractivity contribution in [1.29, 1.82) is 0 Å². The fourth-order valence-corrected chi connectivity index (χ4v) is 3.86. The van der Waals surface area contributed by atoms with Crippen molar-refractivity contribution in [3.8, 4) is 17.2 Å². The second kappa shape index (κ2) is 9.51. The molecule has 3 rings (SSSR count). The third-order valence-electron chi connectivity index (χ3n) is 5.59. The van der Waals surface area contributed by atoms with Gasteiger partial charge in [-0.2, -0.15) is 0 Å². The number of carbonyl (C=O) groups excluding carboxylic acids is 2. The molecule has 0 aliphatic carbocycles. The van der Waals surface area contributed by atoms with Crippen molar-refractivity contribution in [2.75, 3.05) is 34.5 Å². The molecule has 1 heterocycles. The number of nitrogens with zero attached hydrogens (tertiary/aromatic N) is 1. The molecule has 0 bridgehead atoms. The van der Waals surface area contributed by atoms with Gasteiger partial charge in [0, 0.05) is 12.0 Å². The molecule has 7 heteroatoms. The summed E-state index contributed by atoms with van der Waals surface area (Å²) >= 11 is 0. The largest absolute Gasteiger partial charge is 0.493 e. The highest BCUT2D eigenvalue weighted by Crippen LogP contribution is 2.39. The molecule has 0 N–H and O–H groups in total. The normalized spacial score (nSPS) is 15.6. The van der Waals surface area contributed by atoms with Crippen LogP contribution >= 0.6 is 0 Å². The molecule has 1 amide bonds. The van der Waals surface area contributed by atoms with E-state index in [4.69, 9.17) is 18.9 Å². The Morgan fingerprint density at radius 1 is 1.00 bits per heavy atom. The van der Waals surface area contributed by atoms with Crippen LogP contribution in [0.2, 0.25) is 0 Å². The molecule has 0 saturated carbocycles. The van der Waals surface area contributed by atoms with Crippen LogP contribution in [0.5, 0.6) is 17.2 Å². The van der Waals surface area contributed by atoms with Crippen LogP contribution in [0.15, 0.2) is 36.4 Å². The van der Waals surface area contributed by atoms with Crippen molar-refractivity contribution in [2.45, 2.75) is 33.2 Å². The van der Waals surface area contributed by atoms with Gasteiger partial charge in [0.25, 0.3) is 0 Å². The average Bonchev–Trinajstić information content (AvgIpc) is 2.80. The number of ether oxygens (including phenoxy) is 4. The zero-order valence-corrected chi connectivity index (χ0v) is 19.6. The van der Waals surface area contributed by atoms with Gasteiger partial charge in [-0.15, -0.1) is 0 Å². The van der Waals surface area contributed by atoms with Gasteiger partial charge in [0.05, 0.1) is 32.9 Å². The Hall–Kier alpha value is -3.22. The first-order valence-corrected chi connectivity index (χ1v) is 10.6. The summed E-state index contributed by atoms with van der Waals surface area (Å²) in [6.45, 7) is 6.62. The summed E-state index contributed by atoms with van der Waals surface area (Å²) in [6.07, 6.45) is 0.724. The highest BCUT2D eigenvalue weighted by molar-refractivity contribution is 5.89. The Bertz CT molecular complexity index is 977. The lowest BCUT2D eigenvalue weighted by atomic mass is 9.88. The Morgan fingerprint density at radius 2 is 1.62 bits per heavy atom. The minimum Gasteiger partial charge on any atom is -0.493 e. The van der Waals surface area contributed by atoms with E-state index in [0.717, 1.165) is 17.5 Å². The van der Waals surface area contributed by atoms with Crippen molar-refractivity contribution < 1.29 is 28.5 Å². The standard InChI is InChI=1S/C25H31NO6/c1-25(2,3)24(28)26-12-11-17-13-21(29-4)22(30-5)14-19(17)20(26)15-32-18-9-7-16(8-10-18)23(27)31-6/h7-10,13-14,20H,11-12,15H2,1-6H3/t20-/m1/s1. The molecule has 0 radical (unpaired) electrons. The lowest BCUT2D eigenvalue weighted by Gasteiger charge is -2.40. The summed E-state index contributed by atoms with van der Waals surface area (Å²) in [5.74, 6) is 1.55. The highest BCUT2D eigenvalue weighted by Gasteiger charge is 2.37. The topological polar surface area (TPSA) is 74.3 Å². The molecule has 0 unspecified atom stereocenters. The SMILES string of the molecule is COC(=O)c1ccc(OC[C@@H]2c3cc(OC)c(OC)cc3CCN2C(=O)C(C)(C)C)cc1. The third-order valence-corrected chi connectivity index (χ3v) is 5.59. The summed E-state index contributed by atoms with van der Waals surface area (Å²) in [7, 11) is 4.55. The first-order chi connectivity index (χ1) is 15.2. The summed E-state index contributed by atoms with van der Waals surface area (Å²) in [6, 6.07) is 10.4. The maximum absolute atomic E-state index is 13.2. The van der Waals surface area contributed by atoms with Crippen molar-refractivity contribution in [1.82, 2.24) is 4.90 Å². The van der Waals surface area contributed by atoms with Crippen molar-refractivity contribution in [3.63, 3.8) is 0 Å². The van der Waals surface area contributed by atoms with Crippen LogP contribution in [0.4, 0.5) is 0 Å². The molecule has 1 aliphatic heterocycles.